The Kier molecular flexibility index (Phi) is 6.38. The highest BCUT2D eigenvalue weighted by molar-refractivity contribution is 4.67. The summed E-state index contributed by atoms with van der Waals surface area (Å²) in [5.74, 6) is 0.560. The van der Waals surface area contributed by atoms with Crippen molar-refractivity contribution in [2.75, 3.05) is 13.2 Å². The molecule has 2 nitrogen and oxygen atoms in total. The molecule has 0 saturated heterocycles. The second-order valence-corrected chi connectivity index (χ2v) is 5.43. The van der Waals surface area contributed by atoms with Crippen molar-refractivity contribution in [3.05, 3.63) is 0 Å². The number of ether oxygens (including phenoxy) is 1. The van der Waals surface area contributed by atoms with Gasteiger partial charge in [0.1, 0.15) is 0 Å². The normalized spacial score (nSPS) is 16.7. The van der Waals surface area contributed by atoms with Crippen LogP contribution in [0.15, 0.2) is 0 Å². The van der Waals surface area contributed by atoms with Crippen molar-refractivity contribution in [3.8, 4) is 0 Å². The predicted octanol–water partition coefficient (Wildman–Crippen LogP) is 2.81. The molecule has 0 saturated carbocycles. The average molecular weight is 201 g/mol. The molecule has 0 aromatic rings. The third kappa shape index (κ3) is 7.34. The fourth-order valence-electron chi connectivity index (χ4n) is 1.06. The van der Waals surface area contributed by atoms with Crippen molar-refractivity contribution < 1.29 is 4.74 Å². The summed E-state index contributed by atoms with van der Waals surface area (Å²) in [6, 6.07) is 0.194. The first-order valence-corrected chi connectivity index (χ1v) is 5.70. The molecule has 2 N–H and O–H groups in total. The second kappa shape index (κ2) is 6.41. The van der Waals surface area contributed by atoms with Gasteiger partial charge in [0.25, 0.3) is 0 Å². The maximum Gasteiger partial charge on any atom is 0.0620 e. The molecule has 0 amide bonds. The van der Waals surface area contributed by atoms with Crippen molar-refractivity contribution in [2.24, 2.45) is 17.1 Å². The van der Waals surface area contributed by atoms with Gasteiger partial charge in [0.15, 0.2) is 0 Å². The van der Waals surface area contributed by atoms with Gasteiger partial charge < -0.3 is 10.5 Å². The molecule has 86 valence electrons. The van der Waals surface area contributed by atoms with Crippen LogP contribution < -0.4 is 5.73 Å². The average Bonchev–Trinajstić information content (AvgIpc) is 2.09. The van der Waals surface area contributed by atoms with Gasteiger partial charge in [-0.05, 0) is 17.8 Å². The lowest BCUT2D eigenvalue weighted by atomic mass is 9.93. The smallest absolute Gasteiger partial charge is 0.0620 e. The molecule has 0 aromatic carbocycles. The van der Waals surface area contributed by atoms with Crippen LogP contribution in [-0.4, -0.2) is 19.3 Å². The molecule has 0 bridgehead atoms. The predicted molar refractivity (Wildman–Crippen MR) is 62.3 cm³/mol. The summed E-state index contributed by atoms with van der Waals surface area (Å²) in [6.45, 7) is 12.6. The Morgan fingerprint density at radius 1 is 1.29 bits per heavy atom. The van der Waals surface area contributed by atoms with E-state index in [0.29, 0.717) is 17.9 Å². The van der Waals surface area contributed by atoms with Crippen LogP contribution in [-0.2, 0) is 4.74 Å². The van der Waals surface area contributed by atoms with Gasteiger partial charge in [-0.25, -0.2) is 0 Å². The van der Waals surface area contributed by atoms with Gasteiger partial charge in [-0.2, -0.15) is 0 Å². The molecule has 0 aliphatic rings. The van der Waals surface area contributed by atoms with Crippen molar-refractivity contribution in [2.45, 2.75) is 53.5 Å². The van der Waals surface area contributed by atoms with Crippen LogP contribution in [0.3, 0.4) is 0 Å². The van der Waals surface area contributed by atoms with Gasteiger partial charge in [-0.1, -0.05) is 41.0 Å². The first kappa shape index (κ1) is 13.9. The standard InChI is InChI=1S/C12H27NO/c1-6-10(2)11(13)9-14-8-7-12(3,4)5/h10-11H,6-9,13H2,1-5H3. The molecule has 0 aromatic heterocycles. The Balaban J connectivity index is 3.45. The van der Waals surface area contributed by atoms with Gasteiger partial charge >= 0.3 is 0 Å². The van der Waals surface area contributed by atoms with E-state index in [1.165, 1.54) is 0 Å². The zero-order chi connectivity index (χ0) is 11.2. The number of hydrogen-bond acceptors (Lipinski definition) is 2. The highest BCUT2D eigenvalue weighted by Crippen LogP contribution is 2.18. The van der Waals surface area contributed by atoms with Crippen LogP contribution in [0.1, 0.15) is 47.5 Å². The zero-order valence-corrected chi connectivity index (χ0v) is 10.5. The van der Waals surface area contributed by atoms with E-state index in [4.69, 9.17) is 10.5 Å². The van der Waals surface area contributed by atoms with Crippen molar-refractivity contribution in [1.82, 2.24) is 0 Å². The summed E-state index contributed by atoms with van der Waals surface area (Å²) in [7, 11) is 0. The minimum atomic E-state index is 0.194. The molecular formula is C12H27NO. The van der Waals surface area contributed by atoms with Crippen LogP contribution in [0.4, 0.5) is 0 Å². The molecule has 0 fully saturated rings. The van der Waals surface area contributed by atoms with Crippen molar-refractivity contribution in [1.29, 1.82) is 0 Å². The van der Waals surface area contributed by atoms with E-state index in [0.717, 1.165) is 19.4 Å². The molecule has 0 aliphatic carbocycles. The largest absolute Gasteiger partial charge is 0.380 e. The van der Waals surface area contributed by atoms with E-state index in [9.17, 15) is 0 Å². The van der Waals surface area contributed by atoms with E-state index in [2.05, 4.69) is 34.6 Å². The number of hydrogen-bond donors (Lipinski definition) is 1. The summed E-state index contributed by atoms with van der Waals surface area (Å²) < 4.78 is 5.57. The molecule has 0 rings (SSSR count). The van der Waals surface area contributed by atoms with Crippen molar-refractivity contribution >= 4 is 0 Å². The molecule has 2 heteroatoms. The summed E-state index contributed by atoms with van der Waals surface area (Å²) >= 11 is 0. The Morgan fingerprint density at radius 2 is 1.86 bits per heavy atom. The third-order valence-corrected chi connectivity index (χ3v) is 2.68. The van der Waals surface area contributed by atoms with E-state index in [1.54, 1.807) is 0 Å². The molecular weight excluding hydrogens is 174 g/mol. The summed E-state index contributed by atoms with van der Waals surface area (Å²) in [5.41, 5.74) is 6.31. The van der Waals surface area contributed by atoms with Gasteiger partial charge in [-0.3, -0.25) is 0 Å². The monoisotopic (exact) mass is 201 g/mol. The number of nitrogens with two attached hydrogens (primary N) is 1. The lowest BCUT2D eigenvalue weighted by Crippen LogP contribution is -2.33. The highest BCUT2D eigenvalue weighted by atomic mass is 16.5. The molecule has 2 atom stereocenters. The topological polar surface area (TPSA) is 35.2 Å². The SMILES string of the molecule is CCC(C)C(N)COCCC(C)(C)C. The van der Waals surface area contributed by atoms with Gasteiger partial charge in [0.2, 0.25) is 0 Å². The van der Waals surface area contributed by atoms with Crippen molar-refractivity contribution in [3.63, 3.8) is 0 Å². The molecule has 0 spiro atoms. The first-order valence-electron chi connectivity index (χ1n) is 5.70. The van der Waals surface area contributed by atoms with E-state index >= 15 is 0 Å². The van der Waals surface area contributed by atoms with Crippen LogP contribution in [0.5, 0.6) is 0 Å². The Morgan fingerprint density at radius 3 is 2.29 bits per heavy atom. The molecule has 0 radical (unpaired) electrons. The van der Waals surface area contributed by atoms with Gasteiger partial charge in [0.05, 0.1) is 6.61 Å². The van der Waals surface area contributed by atoms with E-state index in [-0.39, 0.29) is 6.04 Å². The molecule has 0 heterocycles. The Labute approximate surface area is 89.2 Å². The Hall–Kier alpha value is -0.0800. The Bertz CT molecular complexity index is 140. The van der Waals surface area contributed by atoms with E-state index in [1.807, 2.05) is 0 Å². The molecule has 0 aliphatic heterocycles. The summed E-state index contributed by atoms with van der Waals surface area (Å²) in [4.78, 5) is 0. The van der Waals surface area contributed by atoms with Crippen LogP contribution in [0, 0.1) is 11.3 Å². The zero-order valence-electron chi connectivity index (χ0n) is 10.5. The van der Waals surface area contributed by atoms with E-state index < -0.39 is 0 Å². The molecule has 2 unspecified atom stereocenters. The van der Waals surface area contributed by atoms with Gasteiger partial charge in [-0.15, -0.1) is 0 Å². The highest BCUT2D eigenvalue weighted by Gasteiger charge is 2.12. The third-order valence-electron chi connectivity index (χ3n) is 2.68. The maximum atomic E-state index is 5.95. The van der Waals surface area contributed by atoms with Crippen LogP contribution in [0.25, 0.3) is 0 Å². The number of rotatable bonds is 6. The lowest BCUT2D eigenvalue weighted by molar-refractivity contribution is 0.0865. The summed E-state index contributed by atoms with van der Waals surface area (Å²) in [5, 5.41) is 0. The van der Waals surface area contributed by atoms with Crippen LogP contribution >= 0.6 is 0 Å². The molecule has 14 heavy (non-hydrogen) atoms. The van der Waals surface area contributed by atoms with Gasteiger partial charge in [0, 0.05) is 12.6 Å². The van der Waals surface area contributed by atoms with Crippen LogP contribution in [0.2, 0.25) is 0 Å². The fraction of sp³-hybridized carbons (Fsp3) is 1.00. The minimum Gasteiger partial charge on any atom is -0.380 e. The minimum absolute atomic E-state index is 0.194. The maximum absolute atomic E-state index is 5.95. The second-order valence-electron chi connectivity index (χ2n) is 5.43. The first-order chi connectivity index (χ1) is 6.37. The quantitative estimate of drug-likeness (QED) is 0.671. The summed E-state index contributed by atoms with van der Waals surface area (Å²) in [6.07, 6.45) is 2.23. The fourth-order valence-corrected chi connectivity index (χ4v) is 1.06. The lowest BCUT2D eigenvalue weighted by Gasteiger charge is -2.21.